The van der Waals surface area contributed by atoms with E-state index in [0.717, 1.165) is 51.4 Å². The molecule has 18 atom stereocenters. The van der Waals surface area contributed by atoms with Gasteiger partial charge >= 0.3 is 5.97 Å². The van der Waals surface area contributed by atoms with E-state index in [1.165, 1.54) is 12.5 Å². The highest BCUT2D eigenvalue weighted by Gasteiger charge is 2.73. The number of carboxylic acids is 1. The molecule has 5 aliphatic carbocycles. The molecule has 4 saturated carbocycles. The van der Waals surface area contributed by atoms with Crippen molar-refractivity contribution < 1.29 is 59.5 Å². The summed E-state index contributed by atoms with van der Waals surface area (Å²) in [5.74, 6) is -0.325. The summed E-state index contributed by atoms with van der Waals surface area (Å²) in [4.78, 5) is 13.1. The Labute approximate surface area is 320 Å². The summed E-state index contributed by atoms with van der Waals surface area (Å²) in [7, 11) is 0. The number of aliphatic hydroxyl groups is 6. The molecule has 2 saturated heterocycles. The van der Waals surface area contributed by atoms with Crippen molar-refractivity contribution in [1.29, 1.82) is 0 Å². The molecular formula is C42H68O12. The third-order valence-electron chi connectivity index (χ3n) is 18.0. The molecule has 12 heteroatoms. The lowest BCUT2D eigenvalue weighted by molar-refractivity contribution is -0.369. The molecule has 308 valence electrons. The summed E-state index contributed by atoms with van der Waals surface area (Å²) >= 11 is 0. The molecule has 6 fully saturated rings. The first kappa shape index (κ1) is 41.0. The highest BCUT2D eigenvalue weighted by Crippen LogP contribution is 2.79. The molecule has 0 spiro atoms. The summed E-state index contributed by atoms with van der Waals surface area (Å²) in [6.45, 7) is 17.4. The predicted molar refractivity (Wildman–Crippen MR) is 197 cm³/mol. The van der Waals surface area contributed by atoms with E-state index in [1.54, 1.807) is 0 Å². The Kier molecular flexibility index (Phi) is 10.2. The van der Waals surface area contributed by atoms with Crippen LogP contribution in [0.1, 0.15) is 120 Å². The van der Waals surface area contributed by atoms with Gasteiger partial charge in [-0.15, -0.1) is 0 Å². The smallest absolute Gasteiger partial charge is 0.310 e. The molecule has 0 radical (unpaired) electrons. The van der Waals surface area contributed by atoms with Crippen molar-refractivity contribution in [2.45, 2.75) is 181 Å². The van der Waals surface area contributed by atoms with Gasteiger partial charge in [0.25, 0.3) is 0 Å². The average Bonchev–Trinajstić information content (AvgIpc) is 3.11. The third-order valence-corrected chi connectivity index (χ3v) is 18.0. The number of ether oxygens (including phenoxy) is 4. The van der Waals surface area contributed by atoms with Crippen LogP contribution in [0.5, 0.6) is 0 Å². The van der Waals surface area contributed by atoms with Crippen molar-refractivity contribution in [1.82, 2.24) is 0 Å². The Bertz CT molecular complexity index is 1490. The van der Waals surface area contributed by atoms with Crippen LogP contribution in [0.3, 0.4) is 0 Å². The molecule has 54 heavy (non-hydrogen) atoms. The third kappa shape index (κ3) is 5.54. The number of carbonyl (C=O) groups is 1. The maximum Gasteiger partial charge on any atom is 0.310 e. The zero-order valence-corrected chi connectivity index (χ0v) is 33.7. The number of aliphatic hydroxyl groups excluding tert-OH is 6. The molecule has 7 aliphatic rings. The fourth-order valence-electron chi connectivity index (χ4n) is 13.6. The molecule has 0 aromatic heterocycles. The van der Waals surface area contributed by atoms with Crippen molar-refractivity contribution >= 4 is 5.97 Å². The number of carboxylic acid groups (broad SMARTS) is 1. The second-order valence-electron chi connectivity index (χ2n) is 20.6. The first-order valence-electron chi connectivity index (χ1n) is 20.6. The molecule has 0 aromatic rings. The zero-order chi connectivity index (χ0) is 39.6. The van der Waals surface area contributed by atoms with E-state index in [0.29, 0.717) is 12.8 Å². The van der Waals surface area contributed by atoms with E-state index in [2.05, 4.69) is 54.5 Å². The second kappa shape index (κ2) is 13.4. The molecule has 7 N–H and O–H groups in total. The van der Waals surface area contributed by atoms with Gasteiger partial charge in [-0.1, -0.05) is 60.1 Å². The molecule has 0 aromatic carbocycles. The summed E-state index contributed by atoms with van der Waals surface area (Å²) in [5.41, 5.74) is -0.816. The standard InChI is InChI=1S/C42H68O12/c1-22-28(45)30(47)31(48)33(52-22)54-32-29(46)25(44)20-51-34(32)53-27-11-12-39(6)26-10-9-23-24-19-36(2,3)13-17-42(24,35(49)50)18-15-37(23,4)38(26,5)14-16-41(39,8)40(27,7)21-43/h9,22,24-34,43-48H,10-21H2,1-8H3,(H,49,50)/t22-,24-,25-,26-,27-,28-,29-,30+,31+,32+,33-,34-,37+,38+,39+,40+,41+,42-/m0/s1. The molecule has 7 rings (SSSR count). The fourth-order valence-corrected chi connectivity index (χ4v) is 13.6. The number of fused-ring (bicyclic) bond motifs is 7. The molecule has 2 aliphatic heterocycles. The van der Waals surface area contributed by atoms with Crippen LogP contribution in [0.15, 0.2) is 11.6 Å². The Morgan fingerprint density at radius 2 is 1.50 bits per heavy atom. The van der Waals surface area contributed by atoms with Gasteiger partial charge in [-0.25, -0.2) is 0 Å². The first-order chi connectivity index (χ1) is 25.1. The quantitative estimate of drug-likeness (QED) is 0.153. The Morgan fingerprint density at radius 1 is 0.815 bits per heavy atom. The molecule has 2 heterocycles. The zero-order valence-electron chi connectivity index (χ0n) is 33.7. The maximum absolute atomic E-state index is 13.1. The van der Waals surface area contributed by atoms with Gasteiger partial charge in [0.1, 0.15) is 36.6 Å². The summed E-state index contributed by atoms with van der Waals surface area (Å²) in [6, 6.07) is 0. The van der Waals surface area contributed by atoms with Crippen LogP contribution in [-0.2, 0) is 23.7 Å². The Balaban J connectivity index is 1.18. The molecule has 0 amide bonds. The number of aliphatic carboxylic acids is 1. The van der Waals surface area contributed by atoms with E-state index in [4.69, 9.17) is 18.9 Å². The molecular weight excluding hydrogens is 696 g/mol. The van der Waals surface area contributed by atoms with Gasteiger partial charge < -0.3 is 54.7 Å². The normalized spacial score (nSPS) is 55.7. The van der Waals surface area contributed by atoms with Crippen LogP contribution in [0.2, 0.25) is 0 Å². The van der Waals surface area contributed by atoms with Crippen LogP contribution in [0.25, 0.3) is 0 Å². The van der Waals surface area contributed by atoms with Gasteiger partial charge in [0.15, 0.2) is 12.6 Å². The van der Waals surface area contributed by atoms with Gasteiger partial charge in [-0.2, -0.15) is 0 Å². The minimum atomic E-state index is -1.63. The highest BCUT2D eigenvalue weighted by atomic mass is 16.8. The largest absolute Gasteiger partial charge is 0.481 e. The lowest BCUT2D eigenvalue weighted by Crippen LogP contribution is -2.70. The van der Waals surface area contributed by atoms with Crippen LogP contribution in [0.4, 0.5) is 0 Å². The molecule has 0 unspecified atom stereocenters. The SMILES string of the molecule is C[C@@H]1O[C@@H](O[C@H]2[C@H](O[C@H]3CC[C@]4(C)[C@H]5CC=C6[C@@H]7CC(C)(C)CC[C@]7(C(=O)O)CC[C@@]6(C)[C@]5(C)CC[C@@]4(C)[C@]3(C)CO)OC[C@H](O)[C@@H]2O)[C@H](O)[C@H](O)[C@H]1O. The number of rotatable bonds is 6. The topological polar surface area (TPSA) is 196 Å². The van der Waals surface area contributed by atoms with E-state index in [1.807, 2.05) is 0 Å². The number of hydrogen-bond donors (Lipinski definition) is 7. The van der Waals surface area contributed by atoms with Crippen LogP contribution in [0, 0.1) is 49.7 Å². The molecule has 12 nitrogen and oxygen atoms in total. The minimum Gasteiger partial charge on any atom is -0.481 e. The van der Waals surface area contributed by atoms with Gasteiger partial charge in [0.05, 0.1) is 30.8 Å². The highest BCUT2D eigenvalue weighted by molar-refractivity contribution is 5.76. The monoisotopic (exact) mass is 764 g/mol. The van der Waals surface area contributed by atoms with E-state index >= 15 is 0 Å². The van der Waals surface area contributed by atoms with Crippen LogP contribution in [-0.4, -0.2) is 116 Å². The van der Waals surface area contributed by atoms with Gasteiger partial charge in [0, 0.05) is 5.41 Å². The Morgan fingerprint density at radius 3 is 2.17 bits per heavy atom. The lowest BCUT2D eigenvalue weighted by Gasteiger charge is -2.74. The summed E-state index contributed by atoms with van der Waals surface area (Å²) < 4.78 is 24.4. The Hall–Kier alpha value is -1.19. The van der Waals surface area contributed by atoms with Crippen LogP contribution < -0.4 is 0 Å². The van der Waals surface area contributed by atoms with Crippen molar-refractivity contribution in [3.8, 4) is 0 Å². The minimum absolute atomic E-state index is 0.0272. The van der Waals surface area contributed by atoms with E-state index < -0.39 is 83.6 Å². The lowest BCUT2D eigenvalue weighted by atomic mass is 9.30. The number of hydrogen-bond acceptors (Lipinski definition) is 11. The van der Waals surface area contributed by atoms with Crippen molar-refractivity contribution in [2.24, 2.45) is 49.7 Å². The summed E-state index contributed by atoms with van der Waals surface area (Å²) in [6.07, 6.45) is -2.02. The molecule has 0 bridgehead atoms. The van der Waals surface area contributed by atoms with Crippen molar-refractivity contribution in [3.05, 3.63) is 11.6 Å². The van der Waals surface area contributed by atoms with E-state index in [9.17, 15) is 40.5 Å². The van der Waals surface area contributed by atoms with Crippen molar-refractivity contribution in [3.63, 3.8) is 0 Å². The first-order valence-corrected chi connectivity index (χ1v) is 20.6. The second-order valence-corrected chi connectivity index (χ2v) is 20.6. The maximum atomic E-state index is 13.1. The fraction of sp³-hybridized carbons (Fsp3) is 0.929. The van der Waals surface area contributed by atoms with Gasteiger partial charge in [-0.05, 0) is 110 Å². The van der Waals surface area contributed by atoms with E-state index in [-0.39, 0.29) is 46.7 Å². The average molecular weight is 765 g/mol. The predicted octanol–water partition coefficient (Wildman–Crippen LogP) is 3.91. The van der Waals surface area contributed by atoms with Crippen molar-refractivity contribution in [2.75, 3.05) is 13.2 Å². The number of allylic oxidation sites excluding steroid dienone is 2. The van der Waals surface area contributed by atoms with Gasteiger partial charge in [0.2, 0.25) is 0 Å². The summed E-state index contributed by atoms with van der Waals surface area (Å²) in [5, 5.41) is 75.3. The van der Waals surface area contributed by atoms with Crippen LogP contribution >= 0.6 is 0 Å². The van der Waals surface area contributed by atoms with Gasteiger partial charge in [-0.3, -0.25) is 4.79 Å².